The average Bonchev–Trinajstić information content (AvgIpc) is 2.81. The quantitative estimate of drug-likeness (QED) is 0.296. The lowest BCUT2D eigenvalue weighted by molar-refractivity contribution is -0.0352. The topological polar surface area (TPSA) is 67.4 Å². The van der Waals surface area contributed by atoms with Gasteiger partial charge in [0.2, 0.25) is 0 Å². The van der Waals surface area contributed by atoms with Crippen molar-refractivity contribution in [3.8, 4) is 11.5 Å². The van der Waals surface area contributed by atoms with Crippen LogP contribution in [0, 0.1) is 0 Å². The number of aliphatic imine (C=N–C) groups is 1. The van der Waals surface area contributed by atoms with Crippen LogP contribution in [-0.2, 0) is 11.3 Å². The molecule has 7 nitrogen and oxygen atoms in total. The summed E-state index contributed by atoms with van der Waals surface area (Å²) in [6.07, 6.45) is 6.44. The third kappa shape index (κ3) is 7.12. The molecule has 1 aliphatic heterocycles. The van der Waals surface area contributed by atoms with Crippen molar-refractivity contribution in [1.82, 2.24) is 15.5 Å². The Morgan fingerprint density at radius 3 is 2.52 bits per heavy atom. The van der Waals surface area contributed by atoms with E-state index in [9.17, 15) is 0 Å². The Balaban J connectivity index is 0.00000341. The van der Waals surface area contributed by atoms with E-state index >= 15 is 0 Å². The van der Waals surface area contributed by atoms with Gasteiger partial charge in [0.15, 0.2) is 17.5 Å². The predicted octanol–water partition coefficient (Wildman–Crippen LogP) is 3.41. The van der Waals surface area contributed by atoms with Crippen LogP contribution < -0.4 is 20.1 Å². The molecule has 31 heavy (non-hydrogen) atoms. The molecule has 1 heterocycles. The number of benzene rings is 1. The molecule has 0 amide bonds. The predicted molar refractivity (Wildman–Crippen MR) is 136 cm³/mol. The first kappa shape index (κ1) is 26.0. The number of hydrogen-bond donors (Lipinski definition) is 2. The van der Waals surface area contributed by atoms with Crippen LogP contribution in [0.1, 0.15) is 44.6 Å². The molecule has 2 N–H and O–H groups in total. The van der Waals surface area contributed by atoms with Gasteiger partial charge in [-0.05, 0) is 37.5 Å². The van der Waals surface area contributed by atoms with Crippen LogP contribution in [0.4, 0.5) is 0 Å². The second-order valence-corrected chi connectivity index (χ2v) is 8.08. The van der Waals surface area contributed by atoms with Crippen molar-refractivity contribution in [3.63, 3.8) is 0 Å². The van der Waals surface area contributed by atoms with Crippen molar-refractivity contribution < 1.29 is 14.2 Å². The van der Waals surface area contributed by atoms with Gasteiger partial charge in [0, 0.05) is 38.8 Å². The Hall–Kier alpha value is -1.26. The smallest absolute Gasteiger partial charge is 0.191 e. The number of methoxy groups -OCH3 is 1. The molecule has 0 unspecified atom stereocenters. The van der Waals surface area contributed by atoms with Gasteiger partial charge in [-0.25, -0.2) is 0 Å². The highest BCUT2D eigenvalue weighted by atomic mass is 127. The Morgan fingerprint density at radius 1 is 1.13 bits per heavy atom. The molecule has 2 aliphatic rings. The molecule has 8 heteroatoms. The van der Waals surface area contributed by atoms with E-state index in [4.69, 9.17) is 14.2 Å². The number of guanidine groups is 1. The number of nitrogens with zero attached hydrogens (tertiary/aromatic N) is 2. The van der Waals surface area contributed by atoms with E-state index in [1.165, 1.54) is 32.1 Å². The fourth-order valence-corrected chi connectivity index (χ4v) is 4.61. The first-order valence-electron chi connectivity index (χ1n) is 11.3. The summed E-state index contributed by atoms with van der Waals surface area (Å²) in [4.78, 5) is 7.10. The maximum absolute atomic E-state index is 5.69. The van der Waals surface area contributed by atoms with Crippen molar-refractivity contribution in [1.29, 1.82) is 0 Å². The van der Waals surface area contributed by atoms with Gasteiger partial charge >= 0.3 is 0 Å². The molecule has 1 aliphatic carbocycles. The van der Waals surface area contributed by atoms with E-state index in [0.717, 1.165) is 55.9 Å². The van der Waals surface area contributed by atoms with E-state index in [1.54, 1.807) is 7.11 Å². The zero-order valence-electron chi connectivity index (χ0n) is 19.2. The van der Waals surface area contributed by atoms with Gasteiger partial charge in [-0.1, -0.05) is 25.3 Å². The van der Waals surface area contributed by atoms with Crippen LogP contribution in [-0.4, -0.2) is 70.0 Å². The average molecular weight is 546 g/mol. The van der Waals surface area contributed by atoms with Gasteiger partial charge in [-0.2, -0.15) is 0 Å². The molecular weight excluding hydrogens is 507 g/mol. The molecule has 176 valence electrons. The molecule has 0 atom stereocenters. The van der Waals surface area contributed by atoms with Gasteiger partial charge in [-0.3, -0.25) is 9.89 Å². The zero-order chi connectivity index (χ0) is 21.2. The number of nitrogens with one attached hydrogen (secondary N) is 2. The van der Waals surface area contributed by atoms with E-state index in [0.29, 0.717) is 13.2 Å². The summed E-state index contributed by atoms with van der Waals surface area (Å²) in [6, 6.07) is 6.03. The van der Waals surface area contributed by atoms with Gasteiger partial charge in [0.1, 0.15) is 0 Å². The fourth-order valence-electron chi connectivity index (χ4n) is 4.61. The monoisotopic (exact) mass is 546 g/mol. The molecule has 0 bridgehead atoms. The fraction of sp³-hybridized carbons (Fsp3) is 0.696. The number of ether oxygens (including phenoxy) is 3. The van der Waals surface area contributed by atoms with E-state index in [1.807, 2.05) is 26.1 Å². The van der Waals surface area contributed by atoms with Crippen molar-refractivity contribution in [2.75, 3.05) is 53.6 Å². The first-order valence-corrected chi connectivity index (χ1v) is 11.3. The molecule has 0 aromatic heterocycles. The lowest BCUT2D eigenvalue weighted by atomic mass is 9.80. The Kier molecular flexibility index (Phi) is 11.2. The van der Waals surface area contributed by atoms with Crippen molar-refractivity contribution in [2.45, 2.75) is 51.1 Å². The van der Waals surface area contributed by atoms with Crippen LogP contribution in [0.5, 0.6) is 11.5 Å². The highest BCUT2D eigenvalue weighted by Crippen LogP contribution is 2.34. The Labute approximate surface area is 204 Å². The molecule has 0 radical (unpaired) electrons. The largest absolute Gasteiger partial charge is 0.493 e. The zero-order valence-corrected chi connectivity index (χ0v) is 21.6. The number of halogens is 1. The van der Waals surface area contributed by atoms with E-state index in [2.05, 4.69) is 26.6 Å². The summed E-state index contributed by atoms with van der Waals surface area (Å²) in [7, 11) is 3.49. The van der Waals surface area contributed by atoms with Crippen LogP contribution in [0.2, 0.25) is 0 Å². The van der Waals surface area contributed by atoms with Crippen LogP contribution in [0.15, 0.2) is 23.2 Å². The summed E-state index contributed by atoms with van der Waals surface area (Å²) < 4.78 is 16.7. The van der Waals surface area contributed by atoms with E-state index < -0.39 is 0 Å². The Bertz CT molecular complexity index is 689. The lowest BCUT2D eigenvalue weighted by Crippen LogP contribution is -2.60. The summed E-state index contributed by atoms with van der Waals surface area (Å²) in [5.74, 6) is 2.37. The van der Waals surface area contributed by atoms with Crippen LogP contribution >= 0.6 is 24.0 Å². The minimum atomic E-state index is 0. The molecule has 1 aromatic carbocycles. The molecule has 0 spiro atoms. The third-order valence-corrected chi connectivity index (χ3v) is 6.26. The molecule has 2 fully saturated rings. The van der Waals surface area contributed by atoms with Gasteiger partial charge in [0.05, 0.1) is 26.9 Å². The molecule has 3 rings (SSSR count). The minimum absolute atomic E-state index is 0. The minimum Gasteiger partial charge on any atom is -0.493 e. The van der Waals surface area contributed by atoms with Gasteiger partial charge < -0.3 is 24.8 Å². The second-order valence-electron chi connectivity index (χ2n) is 8.08. The Morgan fingerprint density at radius 2 is 1.87 bits per heavy atom. The summed E-state index contributed by atoms with van der Waals surface area (Å²) >= 11 is 0. The van der Waals surface area contributed by atoms with Gasteiger partial charge in [-0.15, -0.1) is 24.0 Å². The second kappa shape index (κ2) is 13.3. The normalized spacial score (nSPS) is 19.3. The SMILES string of the molecule is CCOc1cc(CNC(=NC)NCC2(N3CCOCC3)CCCCC2)ccc1OC.I. The standard InChI is InChI=1S/C23H38N4O3.HI/c1-4-30-21-16-19(8-9-20(21)28-3)17-25-22(24-2)26-18-23(10-6-5-7-11-23)27-12-14-29-15-13-27;/h8-9,16H,4-7,10-15,17-18H2,1-3H3,(H2,24,25,26);1H. The van der Waals surface area contributed by atoms with Crippen molar-refractivity contribution in [2.24, 2.45) is 4.99 Å². The summed E-state index contributed by atoms with van der Waals surface area (Å²) in [5, 5.41) is 7.06. The third-order valence-electron chi connectivity index (χ3n) is 6.26. The lowest BCUT2D eigenvalue weighted by Gasteiger charge is -2.48. The van der Waals surface area contributed by atoms with Crippen LogP contribution in [0.25, 0.3) is 0 Å². The molecular formula is C23H39IN4O3. The van der Waals surface area contributed by atoms with Crippen molar-refractivity contribution >= 4 is 29.9 Å². The molecule has 1 aromatic rings. The van der Waals surface area contributed by atoms with E-state index in [-0.39, 0.29) is 29.5 Å². The maximum atomic E-state index is 5.69. The number of rotatable bonds is 8. The number of morpholine rings is 1. The van der Waals surface area contributed by atoms with Crippen LogP contribution in [0.3, 0.4) is 0 Å². The first-order chi connectivity index (χ1) is 14.7. The highest BCUT2D eigenvalue weighted by molar-refractivity contribution is 14.0. The molecule has 1 saturated heterocycles. The number of hydrogen-bond acceptors (Lipinski definition) is 5. The summed E-state index contributed by atoms with van der Waals surface area (Å²) in [5.41, 5.74) is 1.34. The molecule has 1 saturated carbocycles. The summed E-state index contributed by atoms with van der Waals surface area (Å²) in [6.45, 7) is 7.92. The maximum Gasteiger partial charge on any atom is 0.191 e. The van der Waals surface area contributed by atoms with Crippen molar-refractivity contribution in [3.05, 3.63) is 23.8 Å². The van der Waals surface area contributed by atoms with Gasteiger partial charge in [0.25, 0.3) is 0 Å². The highest BCUT2D eigenvalue weighted by Gasteiger charge is 2.38.